The molecule has 0 spiro atoms. The van der Waals surface area contributed by atoms with Crippen LogP contribution in [0.15, 0.2) is 0 Å². The summed E-state index contributed by atoms with van der Waals surface area (Å²) in [7, 11) is 0. The Balaban J connectivity index is 1.72. The summed E-state index contributed by atoms with van der Waals surface area (Å²) >= 11 is 0. The van der Waals surface area contributed by atoms with Crippen molar-refractivity contribution in [2.45, 2.75) is 272 Å². The summed E-state index contributed by atoms with van der Waals surface area (Å²) in [6.07, 6.45) is -8.08. The normalized spacial score (nSPS) is 32.4. The third-order valence-corrected chi connectivity index (χ3v) is 14.1. The molecule has 0 aromatic rings. The molecule has 18 atom stereocenters. The van der Waals surface area contributed by atoms with Gasteiger partial charge in [-0.05, 0) is 12.8 Å². The van der Waals surface area contributed by atoms with E-state index in [1.807, 2.05) is 0 Å². The Morgan fingerprint density at radius 3 is 1.71 bits per heavy atom. The molecule has 3 saturated heterocycles. The van der Waals surface area contributed by atoms with E-state index in [0.717, 1.165) is 58.3 Å². The van der Waals surface area contributed by atoms with Crippen LogP contribution in [0.4, 0.5) is 0 Å². The number of hydrogen-bond donors (Lipinski definition) is 14. The average Bonchev–Trinajstić information content (AvgIpc) is 3.36. The van der Waals surface area contributed by atoms with Crippen molar-refractivity contribution < 1.29 is 104 Å². The molecule has 0 radical (unpaired) electrons. The highest BCUT2D eigenvalue weighted by Crippen LogP contribution is 2.38. The maximum absolute atomic E-state index is 13.2. The van der Waals surface area contributed by atoms with Crippen LogP contribution in [0.1, 0.15) is 162 Å². The maximum Gasteiger partial charge on any atom is 0.364 e. The lowest BCUT2D eigenvalue weighted by Crippen LogP contribution is -2.70. The summed E-state index contributed by atoms with van der Waals surface area (Å²) < 4.78 is 34.5. The van der Waals surface area contributed by atoms with Crippen molar-refractivity contribution in [1.29, 1.82) is 0 Å². The van der Waals surface area contributed by atoms with E-state index in [2.05, 4.69) is 24.5 Å². The van der Waals surface area contributed by atoms with E-state index in [0.29, 0.717) is 19.3 Å². The summed E-state index contributed by atoms with van der Waals surface area (Å²) in [4.78, 5) is 38.1. The van der Waals surface area contributed by atoms with E-state index in [-0.39, 0.29) is 18.9 Å². The average molecular weight is 1060 g/mol. The summed E-state index contributed by atoms with van der Waals surface area (Å²) in [5, 5.41) is 135. The summed E-state index contributed by atoms with van der Waals surface area (Å²) in [5.41, 5.74) is 0. The summed E-state index contributed by atoms with van der Waals surface area (Å²) in [5.74, 6) is -6.10. The lowest BCUT2D eigenvalue weighted by atomic mass is 9.88. The highest BCUT2D eigenvalue weighted by Gasteiger charge is 2.60. The van der Waals surface area contributed by atoms with Crippen LogP contribution < -0.4 is 10.6 Å². The minimum atomic E-state index is -3.07. The molecule has 3 aliphatic rings. The summed E-state index contributed by atoms with van der Waals surface area (Å²) in [6.45, 7) is 2.08. The number of rotatable bonds is 37. The number of hydrogen-bond acceptors (Lipinski definition) is 20. The molecule has 73 heavy (non-hydrogen) atoms. The number of carboxylic acids is 1. The third-order valence-electron chi connectivity index (χ3n) is 14.1. The number of amides is 2. The number of aliphatic carboxylic acids is 1. The van der Waals surface area contributed by atoms with E-state index in [1.165, 1.54) is 57.8 Å². The van der Waals surface area contributed by atoms with Gasteiger partial charge >= 0.3 is 5.97 Å². The van der Waals surface area contributed by atoms with Gasteiger partial charge in [-0.3, -0.25) is 9.59 Å². The van der Waals surface area contributed by atoms with Crippen molar-refractivity contribution in [2.24, 2.45) is 0 Å². The summed E-state index contributed by atoms with van der Waals surface area (Å²) in [6, 6.07) is -2.52. The molecule has 23 nitrogen and oxygen atoms in total. The zero-order chi connectivity index (χ0) is 54.1. The molecule has 0 aromatic heterocycles. The molecule has 428 valence electrons. The molecule has 14 N–H and O–H groups in total. The zero-order valence-electron chi connectivity index (χ0n) is 43.2. The number of carbonyl (C=O) groups excluding carboxylic acids is 2. The fraction of sp³-hybridized carbons (Fsp3) is 0.940. The van der Waals surface area contributed by atoms with Crippen LogP contribution in [0, 0.1) is 0 Å². The van der Waals surface area contributed by atoms with Gasteiger partial charge in [-0.25, -0.2) is 4.79 Å². The first-order valence-corrected chi connectivity index (χ1v) is 26.9. The molecule has 18 unspecified atom stereocenters. The molecule has 0 bridgehead atoms. The van der Waals surface area contributed by atoms with Crippen LogP contribution in [0.25, 0.3) is 0 Å². The van der Waals surface area contributed by atoms with Crippen molar-refractivity contribution in [3.8, 4) is 0 Å². The highest BCUT2D eigenvalue weighted by atomic mass is 16.8. The SMILES string of the molecule is CCCCCCCCCCCCC(=O)NC(COC1OC(CO)C(OC2OC(CO)C(O)C(OC3(C(=O)O)CC(O)C(NC(C)=O)C(C(O)C(O)CO)O3)C2O)C(O)C1O)C(O)CCCCCCCCCCC. The molecule has 3 rings (SSSR count). The van der Waals surface area contributed by atoms with Gasteiger partial charge < -0.3 is 100 Å². The Kier molecular flexibility index (Phi) is 30.7. The number of aliphatic hydroxyl groups excluding tert-OH is 11. The third kappa shape index (κ3) is 20.6. The van der Waals surface area contributed by atoms with E-state index in [1.54, 1.807) is 0 Å². The molecular weight excluding hydrogens is 965 g/mol. The van der Waals surface area contributed by atoms with Gasteiger partial charge in [-0.2, -0.15) is 0 Å². The second-order valence-electron chi connectivity index (χ2n) is 20.1. The topological polar surface area (TPSA) is 373 Å². The largest absolute Gasteiger partial charge is 0.477 e. The molecule has 23 heteroatoms. The molecular formula is C50H92N2O21. The van der Waals surface area contributed by atoms with Crippen LogP contribution in [-0.4, -0.2) is 215 Å². The molecule has 3 heterocycles. The maximum atomic E-state index is 13.2. The Labute approximate surface area is 429 Å². The van der Waals surface area contributed by atoms with Crippen molar-refractivity contribution in [3.63, 3.8) is 0 Å². The number of nitrogens with one attached hydrogen (secondary N) is 2. The minimum Gasteiger partial charge on any atom is -0.477 e. The lowest BCUT2D eigenvalue weighted by molar-refractivity contribution is -0.386. The van der Waals surface area contributed by atoms with Crippen molar-refractivity contribution >= 4 is 17.8 Å². The quantitative estimate of drug-likeness (QED) is 0.0361. The lowest BCUT2D eigenvalue weighted by Gasteiger charge is -2.50. The number of carbonyl (C=O) groups is 3. The van der Waals surface area contributed by atoms with E-state index >= 15 is 0 Å². The van der Waals surface area contributed by atoms with Crippen LogP contribution in [0.2, 0.25) is 0 Å². The van der Waals surface area contributed by atoms with Gasteiger partial charge in [0, 0.05) is 19.8 Å². The predicted octanol–water partition coefficient (Wildman–Crippen LogP) is -0.121. The smallest absolute Gasteiger partial charge is 0.364 e. The molecule has 3 fully saturated rings. The van der Waals surface area contributed by atoms with Gasteiger partial charge in [0.25, 0.3) is 5.79 Å². The van der Waals surface area contributed by atoms with Gasteiger partial charge in [0.2, 0.25) is 11.8 Å². The Morgan fingerprint density at radius 1 is 0.658 bits per heavy atom. The fourth-order valence-corrected chi connectivity index (χ4v) is 9.65. The van der Waals surface area contributed by atoms with Crippen LogP contribution >= 0.6 is 0 Å². The van der Waals surface area contributed by atoms with Crippen LogP contribution in [-0.2, 0) is 42.8 Å². The number of ether oxygens (including phenoxy) is 6. The van der Waals surface area contributed by atoms with E-state index in [9.17, 15) is 75.7 Å². The first kappa shape index (κ1) is 65.0. The van der Waals surface area contributed by atoms with E-state index in [4.69, 9.17) is 28.4 Å². The van der Waals surface area contributed by atoms with Gasteiger partial charge in [-0.1, -0.05) is 129 Å². The highest BCUT2D eigenvalue weighted by molar-refractivity contribution is 5.77. The predicted molar refractivity (Wildman–Crippen MR) is 260 cm³/mol. The fourth-order valence-electron chi connectivity index (χ4n) is 9.65. The van der Waals surface area contributed by atoms with E-state index < -0.39 is 148 Å². The van der Waals surface area contributed by atoms with Gasteiger partial charge in [-0.15, -0.1) is 0 Å². The second kappa shape index (κ2) is 34.5. The van der Waals surface area contributed by atoms with Crippen molar-refractivity contribution in [3.05, 3.63) is 0 Å². The Hall–Kier alpha value is -2.27. The Morgan fingerprint density at radius 2 is 1.19 bits per heavy atom. The minimum absolute atomic E-state index is 0.226. The van der Waals surface area contributed by atoms with Crippen LogP contribution in [0.3, 0.4) is 0 Å². The van der Waals surface area contributed by atoms with Gasteiger partial charge in [0.05, 0.1) is 50.7 Å². The second-order valence-corrected chi connectivity index (χ2v) is 20.1. The van der Waals surface area contributed by atoms with Crippen molar-refractivity contribution in [2.75, 3.05) is 26.4 Å². The molecule has 2 amide bonds. The van der Waals surface area contributed by atoms with Crippen molar-refractivity contribution in [1.82, 2.24) is 10.6 Å². The van der Waals surface area contributed by atoms with Gasteiger partial charge in [0.1, 0.15) is 67.1 Å². The molecule has 0 aliphatic carbocycles. The Bertz CT molecular complexity index is 1540. The molecule has 0 saturated carbocycles. The van der Waals surface area contributed by atoms with Crippen LogP contribution in [0.5, 0.6) is 0 Å². The van der Waals surface area contributed by atoms with Gasteiger partial charge in [0.15, 0.2) is 12.6 Å². The molecule has 0 aromatic carbocycles. The first-order valence-electron chi connectivity index (χ1n) is 26.9. The zero-order valence-corrected chi connectivity index (χ0v) is 43.2. The molecule has 3 aliphatic heterocycles. The number of aliphatic hydroxyl groups is 11. The number of carboxylic acid groups (broad SMARTS) is 1. The monoisotopic (exact) mass is 1060 g/mol. The number of unbranched alkanes of at least 4 members (excludes halogenated alkanes) is 17. The standard InChI is InChI=1S/C50H92N2O21/c1-4-6-8-10-12-14-16-18-20-22-24-37(60)52-31(32(57)23-21-19-17-15-13-11-9-7-5-2)29-68-47-42(64)41(63)44(36(28-55)70-47)71-48-43(65)46(40(62)35(27-54)69-48)73-50(49(66)67)25-33(58)38(51-30(3)56)45(72-50)39(61)34(59)26-53/h31-36,38-48,53-55,57-59,61-65H,4-29H2,1-3H3,(H,51,56)(H,52,60)(H,66,67). The first-order chi connectivity index (χ1) is 34.9.